The number of carbonyl (C=O) groups is 1. The van der Waals surface area contributed by atoms with E-state index in [9.17, 15) is 4.79 Å². The molecule has 0 saturated carbocycles. The molecule has 1 aromatic carbocycles. The molecule has 0 aliphatic rings. The fraction of sp³-hybridized carbons (Fsp3) is 0.364. The lowest BCUT2D eigenvalue weighted by Crippen LogP contribution is -1.98. The third-order valence-electron chi connectivity index (χ3n) is 1.87. The van der Waals surface area contributed by atoms with Crippen LogP contribution in [0.15, 0.2) is 29.2 Å². The van der Waals surface area contributed by atoms with Gasteiger partial charge in [-0.15, -0.1) is 11.8 Å². The fourth-order valence-corrected chi connectivity index (χ4v) is 2.23. The van der Waals surface area contributed by atoms with E-state index in [1.807, 2.05) is 12.1 Å². The number of thioether (sulfide) groups is 1. The first kappa shape index (κ1) is 11.1. The Labute approximate surface area is 88.3 Å². The maximum atomic E-state index is 10.8. The number of hydrogen-bond acceptors (Lipinski definition) is 2. The van der Waals surface area contributed by atoms with Crippen molar-refractivity contribution in [1.82, 2.24) is 0 Å². The number of rotatable bonds is 5. The van der Waals surface area contributed by atoms with Crippen LogP contribution in [0.5, 0.6) is 0 Å². The van der Waals surface area contributed by atoms with Crippen molar-refractivity contribution in [2.45, 2.75) is 24.7 Å². The number of aromatic carboxylic acids is 1. The van der Waals surface area contributed by atoms with Crippen LogP contribution in [0, 0.1) is 0 Å². The molecule has 0 fully saturated rings. The molecule has 0 unspecified atom stereocenters. The van der Waals surface area contributed by atoms with Crippen molar-refractivity contribution in [1.29, 1.82) is 0 Å². The van der Waals surface area contributed by atoms with Crippen LogP contribution in [0.1, 0.15) is 30.1 Å². The van der Waals surface area contributed by atoms with Crippen molar-refractivity contribution in [3.8, 4) is 0 Å². The van der Waals surface area contributed by atoms with Crippen LogP contribution in [-0.2, 0) is 0 Å². The van der Waals surface area contributed by atoms with E-state index in [1.165, 1.54) is 0 Å². The quantitative estimate of drug-likeness (QED) is 0.598. The fourth-order valence-electron chi connectivity index (χ4n) is 1.10. The van der Waals surface area contributed by atoms with E-state index in [-0.39, 0.29) is 0 Å². The maximum absolute atomic E-state index is 10.8. The average molecular weight is 210 g/mol. The lowest BCUT2D eigenvalue weighted by atomic mass is 10.2. The minimum absolute atomic E-state index is 0.411. The van der Waals surface area contributed by atoms with Crippen molar-refractivity contribution < 1.29 is 9.90 Å². The largest absolute Gasteiger partial charge is 0.478 e. The highest BCUT2D eigenvalue weighted by Gasteiger charge is 2.08. The molecule has 0 amide bonds. The SMILES string of the molecule is CCCCSc1ccccc1C(=O)O. The van der Waals surface area contributed by atoms with Crippen LogP contribution < -0.4 is 0 Å². The van der Waals surface area contributed by atoms with Gasteiger partial charge in [-0.2, -0.15) is 0 Å². The summed E-state index contributed by atoms with van der Waals surface area (Å²) in [5.41, 5.74) is 0.411. The molecule has 0 aromatic heterocycles. The highest BCUT2D eigenvalue weighted by atomic mass is 32.2. The summed E-state index contributed by atoms with van der Waals surface area (Å²) in [4.78, 5) is 11.7. The van der Waals surface area contributed by atoms with Crippen LogP contribution in [0.2, 0.25) is 0 Å². The molecular weight excluding hydrogens is 196 g/mol. The molecule has 3 heteroatoms. The zero-order valence-corrected chi connectivity index (χ0v) is 9.01. The highest BCUT2D eigenvalue weighted by molar-refractivity contribution is 7.99. The molecule has 0 spiro atoms. The summed E-state index contributed by atoms with van der Waals surface area (Å²) in [7, 11) is 0. The van der Waals surface area contributed by atoms with Gasteiger partial charge in [-0.25, -0.2) is 4.79 Å². The van der Waals surface area contributed by atoms with E-state index < -0.39 is 5.97 Å². The van der Waals surface area contributed by atoms with Crippen molar-refractivity contribution in [2.75, 3.05) is 5.75 Å². The van der Waals surface area contributed by atoms with E-state index in [0.29, 0.717) is 5.56 Å². The molecule has 1 aromatic rings. The second-order valence-corrected chi connectivity index (χ2v) is 4.14. The Morgan fingerprint density at radius 3 is 2.79 bits per heavy atom. The third kappa shape index (κ3) is 3.07. The Morgan fingerprint density at radius 1 is 1.43 bits per heavy atom. The number of unbranched alkanes of at least 4 members (excludes halogenated alkanes) is 1. The molecule has 1 N–H and O–H groups in total. The van der Waals surface area contributed by atoms with Crippen LogP contribution in [0.4, 0.5) is 0 Å². The molecular formula is C11H14O2S. The second kappa shape index (κ2) is 5.70. The zero-order valence-electron chi connectivity index (χ0n) is 8.19. The van der Waals surface area contributed by atoms with Crippen molar-refractivity contribution in [2.24, 2.45) is 0 Å². The molecule has 0 atom stereocenters. The average Bonchev–Trinajstić information content (AvgIpc) is 2.19. The normalized spacial score (nSPS) is 10.1. The van der Waals surface area contributed by atoms with Gasteiger partial charge in [0.1, 0.15) is 0 Å². The lowest BCUT2D eigenvalue weighted by Gasteiger charge is -2.04. The molecule has 0 radical (unpaired) electrons. The summed E-state index contributed by atoms with van der Waals surface area (Å²) < 4.78 is 0. The van der Waals surface area contributed by atoms with Crippen LogP contribution in [0.3, 0.4) is 0 Å². The van der Waals surface area contributed by atoms with Gasteiger partial charge in [0, 0.05) is 4.90 Å². The van der Waals surface area contributed by atoms with Gasteiger partial charge in [-0.3, -0.25) is 0 Å². The highest BCUT2D eigenvalue weighted by Crippen LogP contribution is 2.23. The summed E-state index contributed by atoms with van der Waals surface area (Å²) in [6.45, 7) is 2.13. The van der Waals surface area contributed by atoms with E-state index in [0.717, 1.165) is 23.5 Å². The summed E-state index contributed by atoms with van der Waals surface area (Å²) in [6.07, 6.45) is 2.26. The standard InChI is InChI=1S/C11H14O2S/c1-2-3-8-14-10-7-5-4-6-9(10)11(12)13/h4-7H,2-3,8H2,1H3,(H,12,13). The first-order valence-electron chi connectivity index (χ1n) is 4.70. The Balaban J connectivity index is 2.69. The van der Waals surface area contributed by atoms with Crippen molar-refractivity contribution >= 4 is 17.7 Å². The maximum Gasteiger partial charge on any atom is 0.336 e. The topological polar surface area (TPSA) is 37.3 Å². The predicted molar refractivity (Wildman–Crippen MR) is 59.0 cm³/mol. The van der Waals surface area contributed by atoms with Crippen LogP contribution in [0.25, 0.3) is 0 Å². The first-order valence-corrected chi connectivity index (χ1v) is 5.69. The molecule has 76 valence electrons. The molecule has 0 heterocycles. The van der Waals surface area contributed by atoms with Gasteiger partial charge in [0.15, 0.2) is 0 Å². The van der Waals surface area contributed by atoms with Gasteiger partial charge in [0.25, 0.3) is 0 Å². The molecule has 2 nitrogen and oxygen atoms in total. The Hall–Kier alpha value is -0.960. The Bertz CT molecular complexity index is 310. The third-order valence-corrected chi connectivity index (χ3v) is 3.03. The number of benzene rings is 1. The predicted octanol–water partition coefficient (Wildman–Crippen LogP) is 3.28. The minimum atomic E-state index is -0.843. The summed E-state index contributed by atoms with van der Waals surface area (Å²) in [5, 5.41) is 8.91. The molecule has 0 saturated heterocycles. The van der Waals surface area contributed by atoms with Gasteiger partial charge in [0.2, 0.25) is 0 Å². The Morgan fingerprint density at radius 2 is 2.14 bits per heavy atom. The number of hydrogen-bond donors (Lipinski definition) is 1. The van der Waals surface area contributed by atoms with Crippen molar-refractivity contribution in [3.63, 3.8) is 0 Å². The monoisotopic (exact) mass is 210 g/mol. The minimum Gasteiger partial charge on any atom is -0.478 e. The smallest absolute Gasteiger partial charge is 0.336 e. The van der Waals surface area contributed by atoms with Crippen LogP contribution >= 0.6 is 11.8 Å². The lowest BCUT2D eigenvalue weighted by molar-refractivity contribution is 0.0693. The molecule has 1 rings (SSSR count). The van der Waals surface area contributed by atoms with Crippen LogP contribution in [-0.4, -0.2) is 16.8 Å². The van der Waals surface area contributed by atoms with E-state index >= 15 is 0 Å². The zero-order chi connectivity index (χ0) is 10.4. The Kier molecular flexibility index (Phi) is 4.53. The van der Waals surface area contributed by atoms with Gasteiger partial charge in [-0.1, -0.05) is 25.5 Å². The van der Waals surface area contributed by atoms with Gasteiger partial charge in [0.05, 0.1) is 5.56 Å². The van der Waals surface area contributed by atoms with Gasteiger partial charge in [-0.05, 0) is 24.3 Å². The van der Waals surface area contributed by atoms with E-state index in [2.05, 4.69) is 6.92 Å². The number of carboxylic acid groups (broad SMARTS) is 1. The summed E-state index contributed by atoms with van der Waals surface area (Å²) >= 11 is 1.62. The summed E-state index contributed by atoms with van der Waals surface area (Å²) in [6, 6.07) is 7.15. The van der Waals surface area contributed by atoms with Gasteiger partial charge < -0.3 is 5.11 Å². The molecule has 0 aliphatic heterocycles. The molecule has 14 heavy (non-hydrogen) atoms. The van der Waals surface area contributed by atoms with Gasteiger partial charge >= 0.3 is 5.97 Å². The molecule has 0 aliphatic carbocycles. The second-order valence-electron chi connectivity index (χ2n) is 3.00. The summed E-state index contributed by atoms with van der Waals surface area (Å²) in [5.74, 6) is 0.144. The molecule has 0 bridgehead atoms. The first-order chi connectivity index (χ1) is 6.75. The van der Waals surface area contributed by atoms with E-state index in [1.54, 1.807) is 23.9 Å². The van der Waals surface area contributed by atoms with E-state index in [4.69, 9.17) is 5.11 Å². The van der Waals surface area contributed by atoms with Crippen molar-refractivity contribution in [3.05, 3.63) is 29.8 Å². The number of carboxylic acids is 1.